The highest BCUT2D eigenvalue weighted by Crippen LogP contribution is 2.28. The Labute approximate surface area is 177 Å². The summed E-state index contributed by atoms with van der Waals surface area (Å²) in [6.07, 6.45) is 1.85. The van der Waals surface area contributed by atoms with Crippen molar-refractivity contribution in [3.63, 3.8) is 0 Å². The summed E-state index contributed by atoms with van der Waals surface area (Å²) in [4.78, 5) is 25.0. The zero-order chi connectivity index (χ0) is 20.2. The van der Waals surface area contributed by atoms with Crippen molar-refractivity contribution in [1.29, 1.82) is 0 Å². The average Bonchev–Trinajstić information content (AvgIpc) is 2.74. The highest BCUT2D eigenvalue weighted by atomic mass is 79.9. The summed E-state index contributed by atoms with van der Waals surface area (Å²) in [6.45, 7) is 0.466. The molecule has 144 valence electrons. The molecule has 0 saturated carbocycles. The number of allylic oxidation sites excluding steroid dienone is 1. The largest absolute Gasteiger partial charge is 0.489 e. The van der Waals surface area contributed by atoms with Gasteiger partial charge in [-0.25, -0.2) is 0 Å². The number of carbonyl (C=O) groups is 2. The van der Waals surface area contributed by atoms with Crippen LogP contribution in [0.4, 0.5) is 5.69 Å². The Morgan fingerprint density at radius 2 is 1.79 bits per heavy atom. The number of amides is 1. The van der Waals surface area contributed by atoms with E-state index < -0.39 is 0 Å². The van der Waals surface area contributed by atoms with E-state index in [1.807, 2.05) is 48.5 Å². The molecular weight excluding hydrogens is 430 g/mol. The summed E-state index contributed by atoms with van der Waals surface area (Å²) < 4.78 is 6.65. The van der Waals surface area contributed by atoms with Crippen molar-refractivity contribution in [3.8, 4) is 5.75 Å². The van der Waals surface area contributed by atoms with E-state index in [1.165, 1.54) is 6.08 Å². The number of fused-ring (bicyclic) bond motifs is 1. The Hall–Kier alpha value is -3.18. The van der Waals surface area contributed by atoms with E-state index in [0.717, 1.165) is 21.3 Å². The van der Waals surface area contributed by atoms with Crippen molar-refractivity contribution in [1.82, 2.24) is 0 Å². The van der Waals surface area contributed by atoms with Crippen molar-refractivity contribution >= 4 is 33.3 Å². The lowest BCUT2D eigenvalue weighted by molar-refractivity contribution is -0.113. The van der Waals surface area contributed by atoms with E-state index in [4.69, 9.17) is 4.74 Å². The molecule has 0 aromatic heterocycles. The molecule has 5 heteroatoms. The number of carbonyl (C=O) groups excluding carboxylic acids is 2. The lowest BCUT2D eigenvalue weighted by Crippen LogP contribution is -2.23. The zero-order valence-corrected chi connectivity index (χ0v) is 17.1. The van der Waals surface area contributed by atoms with Gasteiger partial charge < -0.3 is 10.1 Å². The predicted octanol–water partition coefficient (Wildman–Crippen LogP) is 5.33. The standard InChI is InChI=1S/C24H18BrNO3/c25-20-9-6-18-12-19(24(28)26-22(18)14-20)13-23(27)17-7-10-21(11-8-17)29-15-16-4-2-1-3-5-16/h1-11,13-14H,12,15H2,(H,26,28)/b19-13+. The van der Waals surface area contributed by atoms with Gasteiger partial charge in [0, 0.05) is 27.7 Å². The van der Waals surface area contributed by atoms with Crippen molar-refractivity contribution in [3.05, 3.63) is 106 Å². The molecule has 0 spiro atoms. The second-order valence-corrected chi connectivity index (χ2v) is 7.68. The minimum Gasteiger partial charge on any atom is -0.489 e. The summed E-state index contributed by atoms with van der Waals surface area (Å²) in [5.74, 6) is 0.241. The Morgan fingerprint density at radius 1 is 1.03 bits per heavy atom. The fraction of sp³-hybridized carbons (Fsp3) is 0.0833. The van der Waals surface area contributed by atoms with Gasteiger partial charge in [0.1, 0.15) is 12.4 Å². The Morgan fingerprint density at radius 3 is 2.55 bits per heavy atom. The monoisotopic (exact) mass is 447 g/mol. The second-order valence-electron chi connectivity index (χ2n) is 6.76. The highest BCUT2D eigenvalue weighted by molar-refractivity contribution is 9.10. The number of nitrogens with one attached hydrogen (secondary N) is 1. The fourth-order valence-corrected chi connectivity index (χ4v) is 3.48. The van der Waals surface area contributed by atoms with E-state index >= 15 is 0 Å². The normalized spacial score (nSPS) is 14.2. The van der Waals surface area contributed by atoms with Crippen LogP contribution < -0.4 is 10.1 Å². The van der Waals surface area contributed by atoms with Crippen molar-refractivity contribution < 1.29 is 14.3 Å². The van der Waals surface area contributed by atoms with Gasteiger partial charge in [-0.15, -0.1) is 0 Å². The van der Waals surface area contributed by atoms with Crippen molar-refractivity contribution in [2.45, 2.75) is 13.0 Å². The minimum absolute atomic E-state index is 0.203. The molecule has 1 aliphatic heterocycles. The van der Waals surface area contributed by atoms with Crippen LogP contribution >= 0.6 is 15.9 Å². The van der Waals surface area contributed by atoms with Crippen LogP contribution in [-0.4, -0.2) is 11.7 Å². The first kappa shape index (κ1) is 19.2. The average molecular weight is 448 g/mol. The van der Waals surface area contributed by atoms with Gasteiger partial charge in [0.05, 0.1) is 0 Å². The summed E-state index contributed by atoms with van der Waals surface area (Å²) in [5, 5.41) is 2.84. The maximum atomic E-state index is 12.6. The van der Waals surface area contributed by atoms with Gasteiger partial charge in [-0.05, 0) is 53.6 Å². The minimum atomic E-state index is -0.244. The maximum absolute atomic E-state index is 12.6. The first-order chi connectivity index (χ1) is 14.1. The van der Waals surface area contributed by atoms with Crippen LogP contribution in [0.15, 0.2) is 88.9 Å². The third kappa shape index (κ3) is 4.63. The van der Waals surface area contributed by atoms with Crippen molar-refractivity contribution in [2.75, 3.05) is 5.32 Å². The molecule has 0 aliphatic carbocycles. The van der Waals surface area contributed by atoms with Gasteiger partial charge in [-0.1, -0.05) is 52.3 Å². The van der Waals surface area contributed by atoms with E-state index in [2.05, 4.69) is 21.2 Å². The first-order valence-electron chi connectivity index (χ1n) is 9.20. The molecule has 4 nitrogen and oxygen atoms in total. The van der Waals surface area contributed by atoms with Gasteiger partial charge in [-0.3, -0.25) is 9.59 Å². The molecule has 0 unspecified atom stereocenters. The van der Waals surface area contributed by atoms with Crippen LogP contribution in [0, 0.1) is 0 Å². The zero-order valence-electron chi connectivity index (χ0n) is 15.5. The van der Waals surface area contributed by atoms with E-state index in [0.29, 0.717) is 29.9 Å². The van der Waals surface area contributed by atoms with Gasteiger partial charge in [0.25, 0.3) is 5.91 Å². The number of benzene rings is 3. The first-order valence-corrected chi connectivity index (χ1v) is 9.99. The summed E-state index contributed by atoms with van der Waals surface area (Å²) in [7, 11) is 0. The van der Waals surface area contributed by atoms with Crippen LogP contribution in [0.2, 0.25) is 0 Å². The molecule has 29 heavy (non-hydrogen) atoms. The van der Waals surface area contributed by atoms with E-state index in [9.17, 15) is 9.59 Å². The molecular formula is C24H18BrNO3. The van der Waals surface area contributed by atoms with Gasteiger partial charge >= 0.3 is 0 Å². The second kappa shape index (κ2) is 8.45. The van der Waals surface area contributed by atoms with E-state index in [-0.39, 0.29) is 11.7 Å². The quantitative estimate of drug-likeness (QED) is 0.424. The lowest BCUT2D eigenvalue weighted by atomic mass is 9.96. The van der Waals surface area contributed by atoms with E-state index in [1.54, 1.807) is 24.3 Å². The molecule has 0 radical (unpaired) electrons. The van der Waals surface area contributed by atoms with Crippen LogP contribution in [-0.2, 0) is 17.8 Å². The molecule has 1 amide bonds. The molecule has 0 atom stereocenters. The van der Waals surface area contributed by atoms with Gasteiger partial charge in [0.15, 0.2) is 5.78 Å². The summed E-state index contributed by atoms with van der Waals surface area (Å²) >= 11 is 3.40. The Balaban J connectivity index is 1.44. The molecule has 1 aliphatic rings. The molecule has 0 bridgehead atoms. The molecule has 4 rings (SSSR count). The summed E-state index contributed by atoms with van der Waals surface area (Å²) in [5.41, 5.74) is 3.80. The fourth-order valence-electron chi connectivity index (χ4n) is 3.12. The number of ketones is 1. The number of hydrogen-bond acceptors (Lipinski definition) is 3. The summed E-state index contributed by atoms with van der Waals surface area (Å²) in [6, 6.07) is 22.6. The van der Waals surface area contributed by atoms with Crippen LogP contribution in [0.3, 0.4) is 0 Å². The Kier molecular flexibility index (Phi) is 5.58. The molecule has 3 aromatic rings. The Bertz CT molecular complexity index is 1090. The van der Waals surface area contributed by atoms with Crippen LogP contribution in [0.1, 0.15) is 21.5 Å². The predicted molar refractivity (Wildman–Crippen MR) is 116 cm³/mol. The maximum Gasteiger partial charge on any atom is 0.252 e. The number of halogens is 1. The molecule has 1 heterocycles. The lowest BCUT2D eigenvalue weighted by Gasteiger charge is -2.19. The number of ether oxygens (including phenoxy) is 1. The van der Waals surface area contributed by atoms with Crippen LogP contribution in [0.25, 0.3) is 0 Å². The molecule has 3 aromatic carbocycles. The molecule has 0 fully saturated rings. The van der Waals surface area contributed by atoms with Crippen LogP contribution in [0.5, 0.6) is 5.75 Å². The number of hydrogen-bond donors (Lipinski definition) is 1. The highest BCUT2D eigenvalue weighted by Gasteiger charge is 2.21. The van der Waals surface area contributed by atoms with Gasteiger partial charge in [-0.2, -0.15) is 0 Å². The molecule has 1 N–H and O–H groups in total. The number of anilines is 1. The number of rotatable bonds is 5. The van der Waals surface area contributed by atoms with Crippen molar-refractivity contribution in [2.24, 2.45) is 0 Å². The third-order valence-electron chi connectivity index (χ3n) is 4.69. The smallest absolute Gasteiger partial charge is 0.252 e. The third-order valence-corrected chi connectivity index (χ3v) is 5.18. The molecule has 0 saturated heterocycles. The SMILES string of the molecule is O=C1Nc2cc(Br)ccc2C/C1=C\C(=O)c1ccc(OCc2ccccc2)cc1. The topological polar surface area (TPSA) is 55.4 Å². The van der Waals surface area contributed by atoms with Gasteiger partial charge in [0.2, 0.25) is 0 Å².